The summed E-state index contributed by atoms with van der Waals surface area (Å²) in [5.74, 6) is 0.972. The summed E-state index contributed by atoms with van der Waals surface area (Å²) in [6.45, 7) is 9.29. The molecule has 3 aromatic rings. The number of nitrogens with one attached hydrogen (secondary N) is 2. The molecule has 14 heteroatoms. The number of aromatic nitrogens is 3. The zero-order chi connectivity index (χ0) is 30.8. The summed E-state index contributed by atoms with van der Waals surface area (Å²) in [5.41, 5.74) is 2.09. The van der Waals surface area contributed by atoms with Crippen LogP contribution in [-0.2, 0) is 9.84 Å². The van der Waals surface area contributed by atoms with Gasteiger partial charge in [-0.1, -0.05) is 23.7 Å². The topological polar surface area (TPSA) is 133 Å². The molecular weight excluding hydrogens is 609 g/mol. The Morgan fingerprint density at radius 3 is 2.40 bits per heavy atom. The molecule has 3 N–H and O–H groups in total. The smallest absolute Gasteiger partial charge is 0.336 e. The summed E-state index contributed by atoms with van der Waals surface area (Å²) >= 11 is 6.30. The molecular formula is C29H41ClN7O4PS. The number of piperidine rings is 1. The van der Waals surface area contributed by atoms with Gasteiger partial charge < -0.3 is 5.32 Å². The normalized spacial score (nSPS) is 18.8. The molecule has 0 aliphatic carbocycles. The van der Waals surface area contributed by atoms with Gasteiger partial charge >= 0.3 is 139 Å². The predicted octanol–water partition coefficient (Wildman–Crippen LogP) is 4.77. The third kappa shape index (κ3) is 7.32. The van der Waals surface area contributed by atoms with Crippen molar-refractivity contribution >= 4 is 57.8 Å². The molecule has 2 aliphatic heterocycles. The molecule has 2 fully saturated rings. The Morgan fingerprint density at radius 2 is 1.72 bits per heavy atom. The Balaban J connectivity index is 1.27. The van der Waals surface area contributed by atoms with Gasteiger partial charge in [-0.15, -0.1) is 10.2 Å². The number of sulfone groups is 1. The molecule has 0 unspecified atom stereocenters. The van der Waals surface area contributed by atoms with Crippen molar-refractivity contribution in [3.63, 3.8) is 0 Å². The number of hydrogen-bond donors (Lipinski definition) is 3. The number of rotatable bonds is 9. The summed E-state index contributed by atoms with van der Waals surface area (Å²) < 4.78 is 31.5. The third-order valence-electron chi connectivity index (χ3n) is 8.37. The maximum absolute atomic E-state index is 12.9. The van der Waals surface area contributed by atoms with Crippen LogP contribution in [0.2, 0.25) is 5.15 Å². The van der Waals surface area contributed by atoms with E-state index in [2.05, 4.69) is 42.3 Å². The Hall–Kier alpha value is -2.76. The van der Waals surface area contributed by atoms with Crippen molar-refractivity contribution in [1.82, 2.24) is 20.1 Å². The first-order chi connectivity index (χ1) is 20.5. The van der Waals surface area contributed by atoms with E-state index in [1.54, 1.807) is 45.2 Å². The summed E-state index contributed by atoms with van der Waals surface area (Å²) in [7, 11) is -3.89. The molecule has 5 rings (SSSR count). The van der Waals surface area contributed by atoms with Crippen molar-refractivity contribution in [3.05, 3.63) is 47.6 Å². The molecule has 2 aromatic carbocycles. The monoisotopic (exact) mass is 649 g/mol. The van der Waals surface area contributed by atoms with Crippen LogP contribution in [0.15, 0.2) is 47.4 Å². The molecule has 2 aliphatic rings. The zero-order valence-corrected chi connectivity index (χ0v) is 27.6. The van der Waals surface area contributed by atoms with Crippen LogP contribution < -0.4 is 20.3 Å². The Labute approximate surface area is 259 Å². The minimum atomic E-state index is -3.55. The van der Waals surface area contributed by atoms with Crippen molar-refractivity contribution in [3.8, 4) is 5.75 Å². The number of benzene rings is 2. The number of hydrogen-bond acceptors (Lipinski definition) is 11. The molecule has 0 atom stereocenters. The molecule has 234 valence electrons. The van der Waals surface area contributed by atoms with E-state index in [1.165, 1.54) is 0 Å². The number of ether oxygens (including phenoxy) is 1. The third-order valence-corrected chi connectivity index (χ3v) is 13.4. The molecule has 43 heavy (non-hydrogen) atoms. The van der Waals surface area contributed by atoms with Crippen LogP contribution in [0.4, 0.5) is 28.8 Å². The fourth-order valence-electron chi connectivity index (χ4n) is 5.61. The van der Waals surface area contributed by atoms with Crippen molar-refractivity contribution in [2.45, 2.75) is 42.9 Å². The van der Waals surface area contributed by atoms with Crippen molar-refractivity contribution in [1.29, 1.82) is 0 Å². The Morgan fingerprint density at radius 1 is 1.02 bits per heavy atom. The van der Waals surface area contributed by atoms with Gasteiger partial charge in [0, 0.05) is 0 Å². The van der Waals surface area contributed by atoms with E-state index in [9.17, 15) is 13.3 Å². The number of anilines is 5. The van der Waals surface area contributed by atoms with Gasteiger partial charge in [-0.3, -0.25) is 0 Å². The Bertz CT molecular complexity index is 1540. The molecule has 1 aromatic heterocycles. The van der Waals surface area contributed by atoms with E-state index in [0.717, 1.165) is 57.0 Å². The van der Waals surface area contributed by atoms with Gasteiger partial charge in [0.05, 0.1) is 15.8 Å². The van der Waals surface area contributed by atoms with Crippen molar-refractivity contribution in [2.24, 2.45) is 0 Å². The van der Waals surface area contributed by atoms with Gasteiger partial charge in [0.15, 0.2) is 20.8 Å². The van der Waals surface area contributed by atoms with Crippen LogP contribution in [0.3, 0.4) is 0 Å². The van der Waals surface area contributed by atoms with Gasteiger partial charge in [0.25, 0.3) is 0 Å². The minimum Gasteiger partial charge on any atom is -0.336 e. The van der Waals surface area contributed by atoms with E-state index in [0.29, 0.717) is 23.2 Å². The molecule has 11 nitrogen and oxygen atoms in total. The minimum absolute atomic E-state index is 0.00465. The summed E-state index contributed by atoms with van der Waals surface area (Å²) in [4.78, 5) is 20.0. The second kappa shape index (κ2) is 13.1. The first kappa shape index (κ1) is 31.7. The van der Waals surface area contributed by atoms with Gasteiger partial charge in [0.2, 0.25) is 5.95 Å². The van der Waals surface area contributed by atoms with Crippen LogP contribution >= 0.6 is 19.1 Å². The van der Waals surface area contributed by atoms with Crippen LogP contribution in [0, 0.1) is 0 Å². The van der Waals surface area contributed by atoms with E-state index < -0.39 is 22.6 Å². The average molecular weight is 650 g/mol. The molecule has 0 spiro atoms. The maximum atomic E-state index is 12.9. The summed E-state index contributed by atoms with van der Waals surface area (Å²) in [5, 5.41) is 13.7. The second-order valence-corrected chi connectivity index (χ2v) is 18.6. The van der Waals surface area contributed by atoms with E-state index >= 15 is 0 Å². The van der Waals surface area contributed by atoms with E-state index in [4.69, 9.17) is 16.3 Å². The second-order valence-electron chi connectivity index (χ2n) is 11.8. The molecule has 2 saturated heterocycles. The van der Waals surface area contributed by atoms with E-state index in [1.807, 2.05) is 18.2 Å². The van der Waals surface area contributed by atoms with Gasteiger partial charge in [0.1, 0.15) is 0 Å². The van der Waals surface area contributed by atoms with Gasteiger partial charge in [-0.05, 0) is 26.0 Å². The molecule has 0 bridgehead atoms. The molecule has 0 radical (unpaired) electrons. The van der Waals surface area contributed by atoms with Crippen LogP contribution in [0.1, 0.15) is 26.7 Å². The first-order valence-electron chi connectivity index (χ1n) is 14.6. The fraction of sp³-hybridized carbons (Fsp3) is 0.483. The standard InChI is InChI=1S/C29H41ClN7O4PS/c1-20(2)43(39,40)26-8-6-5-7-24(26)31-28-27(30)34-35-29(33-28)32-23-10-9-22(19-25(23)41-3)36-13-11-21(12-14-36)37-15-17-42(4,38)18-16-37/h5-10,19-21,38,42H,11-18H2,1-4H3,(H2,31,32,33,35). The van der Waals surface area contributed by atoms with Crippen LogP contribution in [-0.4, -0.2) is 97.0 Å². The number of halogens is 1. The quantitative estimate of drug-likeness (QED) is 0.277. The number of methoxy groups -OCH3 is 1. The van der Waals surface area contributed by atoms with Crippen LogP contribution in [0.25, 0.3) is 0 Å². The summed E-state index contributed by atoms with van der Waals surface area (Å²) in [6, 6.07) is 13.2. The van der Waals surface area contributed by atoms with Crippen LogP contribution in [0.5, 0.6) is 5.75 Å². The predicted molar refractivity (Wildman–Crippen MR) is 176 cm³/mol. The SMILES string of the molecule is COc1cc(N2CCC(N3CC[PH](C)(O)CC3)CC2)ccc1Nc1nnc(Cl)c(Nc2ccccc2S(=O)(=O)C(C)C)n1. The van der Waals surface area contributed by atoms with Crippen molar-refractivity contribution in [2.75, 3.05) is 67.8 Å². The van der Waals surface area contributed by atoms with Gasteiger partial charge in [-0.2, -0.15) is 4.98 Å². The fourth-order valence-corrected chi connectivity index (χ4v) is 8.72. The van der Waals surface area contributed by atoms with E-state index in [-0.39, 0.29) is 21.8 Å². The Kier molecular flexibility index (Phi) is 9.63. The zero-order valence-electron chi connectivity index (χ0n) is 25.0. The average Bonchev–Trinajstić information content (AvgIpc) is 2.99. The number of nitrogens with zero attached hydrogens (tertiary/aromatic N) is 5. The number of para-hydroxylation sites is 1. The van der Waals surface area contributed by atoms with Crippen molar-refractivity contribution < 1.29 is 18.0 Å². The van der Waals surface area contributed by atoms with Gasteiger partial charge in [-0.25, -0.2) is 8.42 Å². The molecule has 0 saturated carbocycles. The molecule has 0 amide bonds. The first-order valence-corrected chi connectivity index (χ1v) is 19.4. The molecule has 3 heterocycles. The summed E-state index contributed by atoms with van der Waals surface area (Å²) in [6.07, 6.45) is 4.12.